The summed E-state index contributed by atoms with van der Waals surface area (Å²) in [6.45, 7) is 4.52. The van der Waals surface area contributed by atoms with Crippen LogP contribution in [0.5, 0.6) is 0 Å². The summed E-state index contributed by atoms with van der Waals surface area (Å²) in [5, 5.41) is 0. The van der Waals surface area contributed by atoms with Gasteiger partial charge in [-0.25, -0.2) is 0 Å². The van der Waals surface area contributed by atoms with Gasteiger partial charge < -0.3 is 0 Å². The van der Waals surface area contributed by atoms with Crippen LogP contribution in [0.1, 0.15) is 39.5 Å². The molecule has 0 aromatic heterocycles. The van der Waals surface area contributed by atoms with Crippen molar-refractivity contribution in [1.29, 1.82) is 0 Å². The predicted octanol–water partition coefficient (Wildman–Crippen LogP) is 3.45. The molecule has 1 aliphatic rings. The molecule has 0 bridgehead atoms. The first kappa shape index (κ1) is 11.2. The maximum atomic E-state index is 2.30. The topological polar surface area (TPSA) is 0 Å². The molecule has 0 aromatic carbocycles. The molecule has 0 fully saturated rings. The molecule has 0 radical (unpaired) electrons. The fraction of sp³-hybridized carbons (Fsp3) is 0.600. The molecule has 0 saturated heterocycles. The Kier molecular flexibility index (Phi) is 5.86. The van der Waals surface area contributed by atoms with Crippen molar-refractivity contribution in [2.24, 2.45) is 0 Å². The summed E-state index contributed by atoms with van der Waals surface area (Å²) < 4.78 is 0. The van der Waals surface area contributed by atoms with Gasteiger partial charge in [0.2, 0.25) is 0 Å². The van der Waals surface area contributed by atoms with Crippen molar-refractivity contribution in [2.75, 3.05) is 0 Å². The smallest absolute Gasteiger partial charge is 0 e. The monoisotopic (exact) mass is 331 g/mol. The molecule has 66 valence electrons. The second kappa shape index (κ2) is 5.77. The molecule has 11 heavy (non-hydrogen) atoms. The van der Waals surface area contributed by atoms with E-state index in [2.05, 4.69) is 26.0 Å². The van der Waals surface area contributed by atoms with Crippen molar-refractivity contribution in [3.63, 3.8) is 0 Å². The Bertz CT molecular complexity index is 148. The molecular formula is C10H16Pt. The molecule has 1 aliphatic carbocycles. The van der Waals surface area contributed by atoms with Crippen LogP contribution in [0.3, 0.4) is 0 Å². The third-order valence-corrected chi connectivity index (χ3v) is 2.27. The molecule has 0 saturated carbocycles. The van der Waals surface area contributed by atoms with Crippen LogP contribution in [-0.4, -0.2) is 0 Å². The summed E-state index contributed by atoms with van der Waals surface area (Å²) in [7, 11) is 0. The molecule has 0 spiro atoms. The second-order valence-corrected chi connectivity index (χ2v) is 3.11. The first-order valence-electron chi connectivity index (χ1n) is 4.11. The summed E-state index contributed by atoms with van der Waals surface area (Å²) >= 11 is 0. The van der Waals surface area contributed by atoms with Crippen LogP contribution in [0.2, 0.25) is 0 Å². The van der Waals surface area contributed by atoms with E-state index in [1.807, 2.05) is 0 Å². The Morgan fingerprint density at radius 3 is 1.64 bits per heavy atom. The largest absolute Gasteiger partial charge is 0.0882 e. The van der Waals surface area contributed by atoms with Gasteiger partial charge in [0, 0.05) is 21.1 Å². The van der Waals surface area contributed by atoms with Crippen molar-refractivity contribution in [3.8, 4) is 0 Å². The van der Waals surface area contributed by atoms with Crippen LogP contribution in [0.15, 0.2) is 23.3 Å². The average molecular weight is 331 g/mol. The van der Waals surface area contributed by atoms with E-state index in [0.29, 0.717) is 0 Å². The molecule has 0 atom stereocenters. The Hall–Kier alpha value is 0.168. The molecular weight excluding hydrogens is 315 g/mol. The molecule has 0 amide bonds. The molecule has 1 rings (SSSR count). The van der Waals surface area contributed by atoms with E-state index in [1.54, 1.807) is 11.1 Å². The van der Waals surface area contributed by atoms with Crippen LogP contribution < -0.4 is 0 Å². The van der Waals surface area contributed by atoms with Crippen molar-refractivity contribution >= 4 is 0 Å². The summed E-state index contributed by atoms with van der Waals surface area (Å²) in [5.74, 6) is 0. The molecule has 0 aliphatic heterocycles. The van der Waals surface area contributed by atoms with Crippen molar-refractivity contribution in [2.45, 2.75) is 39.5 Å². The van der Waals surface area contributed by atoms with Crippen molar-refractivity contribution < 1.29 is 21.1 Å². The molecule has 1 heteroatoms. The van der Waals surface area contributed by atoms with E-state index in [4.69, 9.17) is 0 Å². The quantitative estimate of drug-likeness (QED) is 0.597. The van der Waals surface area contributed by atoms with E-state index >= 15 is 0 Å². The first-order chi connectivity index (χ1) is 4.80. The minimum atomic E-state index is 0. The third-order valence-electron chi connectivity index (χ3n) is 2.27. The maximum absolute atomic E-state index is 2.30. The zero-order valence-electron chi connectivity index (χ0n) is 7.30. The standard InChI is InChI=1S/C10H16.Pt/c1-9-7-5-3-4-6-8-10(9)2;/h3-4H,5-8H2,1-2H3;. The van der Waals surface area contributed by atoms with E-state index in [-0.39, 0.29) is 21.1 Å². The van der Waals surface area contributed by atoms with Crippen molar-refractivity contribution in [3.05, 3.63) is 23.3 Å². The molecule has 0 unspecified atom stereocenters. The molecule has 0 heterocycles. The van der Waals surface area contributed by atoms with Gasteiger partial charge in [-0.05, 0) is 39.5 Å². The fourth-order valence-electron chi connectivity index (χ4n) is 1.26. The zero-order chi connectivity index (χ0) is 7.40. The summed E-state index contributed by atoms with van der Waals surface area (Å²) in [4.78, 5) is 0. The Morgan fingerprint density at radius 1 is 0.909 bits per heavy atom. The average Bonchev–Trinajstić information content (AvgIpc) is 1.92. The summed E-state index contributed by atoms with van der Waals surface area (Å²) in [6.07, 6.45) is 9.61. The molecule has 0 N–H and O–H groups in total. The van der Waals surface area contributed by atoms with Gasteiger partial charge >= 0.3 is 0 Å². The SMILES string of the molecule is CC1=C(C)CCC=CCC1.[Pt]. The number of allylic oxidation sites excluding steroid dienone is 4. The minimum Gasteiger partial charge on any atom is -0.0882 e. The Morgan fingerprint density at radius 2 is 1.27 bits per heavy atom. The van der Waals surface area contributed by atoms with E-state index < -0.39 is 0 Å². The summed E-state index contributed by atoms with van der Waals surface area (Å²) in [5.41, 5.74) is 3.20. The van der Waals surface area contributed by atoms with Crippen LogP contribution in [0.25, 0.3) is 0 Å². The van der Waals surface area contributed by atoms with Gasteiger partial charge in [-0.1, -0.05) is 23.3 Å². The molecule has 0 aromatic rings. The van der Waals surface area contributed by atoms with Gasteiger partial charge in [0.1, 0.15) is 0 Å². The minimum absolute atomic E-state index is 0. The maximum Gasteiger partial charge on any atom is 0 e. The third kappa shape index (κ3) is 3.91. The number of hydrogen-bond acceptors (Lipinski definition) is 0. The Labute approximate surface area is 84.0 Å². The van der Waals surface area contributed by atoms with Gasteiger partial charge in [-0.3, -0.25) is 0 Å². The van der Waals surface area contributed by atoms with Gasteiger partial charge in [0.25, 0.3) is 0 Å². The van der Waals surface area contributed by atoms with Gasteiger partial charge in [0.05, 0.1) is 0 Å². The van der Waals surface area contributed by atoms with E-state index in [0.717, 1.165) is 0 Å². The zero-order valence-corrected chi connectivity index (χ0v) is 9.57. The van der Waals surface area contributed by atoms with Gasteiger partial charge in [-0.15, -0.1) is 0 Å². The second-order valence-electron chi connectivity index (χ2n) is 3.11. The van der Waals surface area contributed by atoms with Gasteiger partial charge in [0.15, 0.2) is 0 Å². The normalized spacial score (nSPS) is 18.7. The van der Waals surface area contributed by atoms with E-state index in [9.17, 15) is 0 Å². The fourth-order valence-corrected chi connectivity index (χ4v) is 1.26. The predicted molar refractivity (Wildman–Crippen MR) is 46.0 cm³/mol. The number of hydrogen-bond donors (Lipinski definition) is 0. The van der Waals surface area contributed by atoms with Crippen LogP contribution in [0.4, 0.5) is 0 Å². The van der Waals surface area contributed by atoms with Crippen LogP contribution in [-0.2, 0) is 21.1 Å². The Balaban J connectivity index is 0.000001000. The van der Waals surface area contributed by atoms with Crippen molar-refractivity contribution in [1.82, 2.24) is 0 Å². The first-order valence-corrected chi connectivity index (χ1v) is 4.11. The van der Waals surface area contributed by atoms with Crippen LogP contribution >= 0.6 is 0 Å². The molecule has 0 nitrogen and oxygen atoms in total. The van der Waals surface area contributed by atoms with Crippen LogP contribution in [0, 0.1) is 0 Å². The van der Waals surface area contributed by atoms with Gasteiger partial charge in [-0.2, -0.15) is 0 Å². The number of rotatable bonds is 0. The van der Waals surface area contributed by atoms with E-state index in [1.165, 1.54) is 25.7 Å². The summed E-state index contributed by atoms with van der Waals surface area (Å²) in [6, 6.07) is 0.